The Kier molecular flexibility index (Phi) is 4.79. The van der Waals surface area contributed by atoms with E-state index in [-0.39, 0.29) is 16.0 Å². The van der Waals surface area contributed by atoms with E-state index in [0.717, 1.165) is 11.3 Å². The highest BCUT2D eigenvalue weighted by Crippen LogP contribution is 2.26. The smallest absolute Gasteiger partial charge is 0.341 e. The Morgan fingerprint density at radius 3 is 1.95 bits per heavy atom. The van der Waals surface area contributed by atoms with Crippen LogP contribution < -0.4 is 0 Å². The Morgan fingerprint density at radius 1 is 1.05 bits per heavy atom. The van der Waals surface area contributed by atoms with Crippen LogP contribution in [0.3, 0.4) is 0 Å². The van der Waals surface area contributed by atoms with E-state index in [1.807, 2.05) is 6.07 Å². The molecule has 0 saturated carbocycles. The summed E-state index contributed by atoms with van der Waals surface area (Å²) in [5, 5.41) is 10.5. The predicted molar refractivity (Wildman–Crippen MR) is 79.4 cm³/mol. The molecule has 0 amide bonds. The predicted octanol–water partition coefficient (Wildman–Crippen LogP) is 3.53. The molecule has 0 aliphatic heterocycles. The van der Waals surface area contributed by atoms with Crippen LogP contribution in [0.15, 0.2) is 5.38 Å². The molecule has 1 aromatic rings. The first-order valence-electron chi connectivity index (χ1n) is 6.43. The minimum absolute atomic E-state index is 0.0216. The van der Waals surface area contributed by atoms with Gasteiger partial charge in [0.1, 0.15) is 27.7 Å². The summed E-state index contributed by atoms with van der Waals surface area (Å²) in [4.78, 5) is 24.5. The fourth-order valence-electron chi connectivity index (χ4n) is 1.46. The van der Waals surface area contributed by atoms with Crippen LogP contribution >= 0.6 is 11.3 Å². The standard InChI is InChI=1S/C15H19NO4S/c1-14(2,3)19-12(17)9-8-21-10(7-16)11(9)13(18)20-15(4,5)6/h8H,1-6H3. The number of thiophene rings is 1. The lowest BCUT2D eigenvalue weighted by Gasteiger charge is -2.21. The molecule has 0 atom stereocenters. The average molecular weight is 309 g/mol. The van der Waals surface area contributed by atoms with E-state index >= 15 is 0 Å². The molecule has 0 aliphatic rings. The summed E-state index contributed by atoms with van der Waals surface area (Å²) in [5.41, 5.74) is -1.35. The summed E-state index contributed by atoms with van der Waals surface area (Å²) in [7, 11) is 0. The number of carbonyl (C=O) groups excluding carboxylic acids is 2. The van der Waals surface area contributed by atoms with Gasteiger partial charge in [-0.3, -0.25) is 0 Å². The van der Waals surface area contributed by atoms with Gasteiger partial charge >= 0.3 is 11.9 Å². The van der Waals surface area contributed by atoms with E-state index in [4.69, 9.17) is 14.7 Å². The fraction of sp³-hybridized carbons (Fsp3) is 0.533. The van der Waals surface area contributed by atoms with Crippen LogP contribution in [0, 0.1) is 11.3 Å². The van der Waals surface area contributed by atoms with E-state index in [1.165, 1.54) is 5.38 Å². The number of nitrogens with zero attached hydrogens (tertiary/aromatic N) is 1. The van der Waals surface area contributed by atoms with Gasteiger partial charge < -0.3 is 9.47 Å². The van der Waals surface area contributed by atoms with Crippen molar-refractivity contribution in [2.75, 3.05) is 0 Å². The van der Waals surface area contributed by atoms with E-state index < -0.39 is 23.1 Å². The molecule has 0 aromatic carbocycles. The maximum Gasteiger partial charge on any atom is 0.341 e. The number of hydrogen-bond acceptors (Lipinski definition) is 6. The molecule has 1 aromatic heterocycles. The van der Waals surface area contributed by atoms with Gasteiger partial charge in [0, 0.05) is 5.38 Å². The number of ether oxygens (including phenoxy) is 2. The van der Waals surface area contributed by atoms with Gasteiger partial charge in [-0.05, 0) is 41.5 Å². The second kappa shape index (κ2) is 5.86. The van der Waals surface area contributed by atoms with Crippen LogP contribution in [0.4, 0.5) is 0 Å². The molecule has 0 spiro atoms. The first-order valence-corrected chi connectivity index (χ1v) is 7.31. The number of hydrogen-bond donors (Lipinski definition) is 0. The Hall–Kier alpha value is -1.87. The van der Waals surface area contributed by atoms with Crippen molar-refractivity contribution in [1.82, 2.24) is 0 Å². The van der Waals surface area contributed by atoms with Gasteiger partial charge in [0.15, 0.2) is 0 Å². The lowest BCUT2D eigenvalue weighted by atomic mass is 10.1. The van der Waals surface area contributed by atoms with Gasteiger partial charge in [0.2, 0.25) is 0 Å². The highest BCUT2D eigenvalue weighted by molar-refractivity contribution is 7.11. The summed E-state index contributed by atoms with van der Waals surface area (Å²) in [6, 6.07) is 1.91. The van der Waals surface area contributed by atoms with E-state index in [2.05, 4.69) is 0 Å². The van der Waals surface area contributed by atoms with Crippen LogP contribution in [0.2, 0.25) is 0 Å². The maximum atomic E-state index is 12.2. The molecular weight excluding hydrogens is 290 g/mol. The molecule has 0 N–H and O–H groups in total. The Morgan fingerprint density at radius 2 is 1.52 bits per heavy atom. The zero-order valence-corrected chi connectivity index (χ0v) is 13.9. The van der Waals surface area contributed by atoms with Crippen molar-refractivity contribution in [3.05, 3.63) is 21.4 Å². The van der Waals surface area contributed by atoms with Crippen molar-refractivity contribution < 1.29 is 19.1 Å². The average Bonchev–Trinajstić information content (AvgIpc) is 2.67. The first-order chi connectivity index (χ1) is 9.44. The van der Waals surface area contributed by atoms with Crippen LogP contribution in [-0.4, -0.2) is 23.1 Å². The van der Waals surface area contributed by atoms with Gasteiger partial charge in [-0.15, -0.1) is 11.3 Å². The van der Waals surface area contributed by atoms with Crippen molar-refractivity contribution in [3.8, 4) is 6.07 Å². The first kappa shape index (κ1) is 17.2. The van der Waals surface area contributed by atoms with Gasteiger partial charge in [-0.25, -0.2) is 9.59 Å². The van der Waals surface area contributed by atoms with Crippen molar-refractivity contribution in [1.29, 1.82) is 5.26 Å². The monoisotopic (exact) mass is 309 g/mol. The van der Waals surface area contributed by atoms with Gasteiger partial charge in [0.25, 0.3) is 0 Å². The van der Waals surface area contributed by atoms with E-state index in [9.17, 15) is 9.59 Å². The highest BCUT2D eigenvalue weighted by atomic mass is 32.1. The Bertz CT molecular complexity index is 597. The molecule has 6 heteroatoms. The molecule has 1 rings (SSSR count). The summed E-state index contributed by atoms with van der Waals surface area (Å²) < 4.78 is 10.5. The molecule has 0 unspecified atom stereocenters. The molecule has 114 valence electrons. The lowest BCUT2D eigenvalue weighted by Crippen LogP contribution is -2.27. The summed E-state index contributed by atoms with van der Waals surface area (Å²) in [6.45, 7) is 10.4. The van der Waals surface area contributed by atoms with Crippen molar-refractivity contribution >= 4 is 23.3 Å². The lowest BCUT2D eigenvalue weighted by molar-refractivity contribution is 0.00198. The zero-order chi connectivity index (χ0) is 16.4. The minimum Gasteiger partial charge on any atom is -0.456 e. The molecule has 0 fully saturated rings. The van der Waals surface area contributed by atoms with Crippen LogP contribution in [0.1, 0.15) is 67.1 Å². The van der Waals surface area contributed by atoms with Crippen LogP contribution in [0.5, 0.6) is 0 Å². The summed E-state index contributed by atoms with van der Waals surface area (Å²) in [6.07, 6.45) is 0. The van der Waals surface area contributed by atoms with Gasteiger partial charge in [-0.2, -0.15) is 5.26 Å². The van der Waals surface area contributed by atoms with Crippen LogP contribution in [0.25, 0.3) is 0 Å². The van der Waals surface area contributed by atoms with Crippen molar-refractivity contribution in [2.45, 2.75) is 52.7 Å². The van der Waals surface area contributed by atoms with Crippen molar-refractivity contribution in [2.24, 2.45) is 0 Å². The molecule has 0 radical (unpaired) electrons. The zero-order valence-electron chi connectivity index (χ0n) is 13.1. The normalized spacial score (nSPS) is 11.7. The Balaban J connectivity index is 3.19. The highest BCUT2D eigenvalue weighted by Gasteiger charge is 2.30. The molecule has 0 bridgehead atoms. The second-order valence-electron chi connectivity index (χ2n) is 6.47. The largest absolute Gasteiger partial charge is 0.456 e. The quantitative estimate of drug-likeness (QED) is 0.781. The molecule has 21 heavy (non-hydrogen) atoms. The molecule has 5 nitrogen and oxygen atoms in total. The van der Waals surface area contributed by atoms with E-state index in [1.54, 1.807) is 41.5 Å². The summed E-state index contributed by atoms with van der Waals surface area (Å²) >= 11 is 1.02. The van der Waals surface area contributed by atoms with Crippen molar-refractivity contribution in [3.63, 3.8) is 0 Å². The maximum absolute atomic E-state index is 12.2. The third-order valence-electron chi connectivity index (χ3n) is 2.11. The SMILES string of the molecule is CC(C)(C)OC(=O)c1csc(C#N)c1C(=O)OC(C)(C)C. The molecule has 0 saturated heterocycles. The summed E-state index contributed by atoms with van der Waals surface area (Å²) in [5.74, 6) is -1.33. The van der Waals surface area contributed by atoms with Gasteiger partial charge in [0.05, 0.1) is 5.56 Å². The van der Waals surface area contributed by atoms with E-state index in [0.29, 0.717) is 0 Å². The minimum atomic E-state index is -0.711. The fourth-order valence-corrected chi connectivity index (χ4v) is 2.27. The number of rotatable bonds is 2. The topological polar surface area (TPSA) is 76.4 Å². The third kappa shape index (κ3) is 4.87. The van der Waals surface area contributed by atoms with Crippen LogP contribution in [-0.2, 0) is 9.47 Å². The molecular formula is C15H19NO4S. The third-order valence-corrected chi connectivity index (χ3v) is 3.00. The number of carbonyl (C=O) groups is 2. The van der Waals surface area contributed by atoms with Gasteiger partial charge in [-0.1, -0.05) is 0 Å². The molecule has 0 aliphatic carbocycles. The molecule has 1 heterocycles. The second-order valence-corrected chi connectivity index (χ2v) is 7.35. The number of nitriles is 1. The Labute approximate surface area is 128 Å². The number of esters is 2.